The van der Waals surface area contributed by atoms with E-state index in [1.807, 2.05) is 54.1 Å². The Morgan fingerprint density at radius 3 is 2.71 bits per heavy atom. The summed E-state index contributed by atoms with van der Waals surface area (Å²) in [6.45, 7) is 1.73. The van der Waals surface area contributed by atoms with Gasteiger partial charge in [-0.05, 0) is 42.8 Å². The first kappa shape index (κ1) is 20.4. The fraction of sp³-hybridized carbons (Fsp3) is 0.174. The molecule has 8 nitrogen and oxygen atoms in total. The number of rotatable bonds is 6. The Bertz CT molecular complexity index is 1250. The van der Waals surface area contributed by atoms with Gasteiger partial charge in [-0.15, -0.1) is 0 Å². The van der Waals surface area contributed by atoms with Crippen LogP contribution in [0.5, 0.6) is 11.5 Å². The maximum atomic E-state index is 11.8. The molecule has 0 saturated carbocycles. The summed E-state index contributed by atoms with van der Waals surface area (Å²) in [6, 6.07) is 16.5. The van der Waals surface area contributed by atoms with Crippen molar-refractivity contribution in [1.82, 2.24) is 19.9 Å². The number of amides is 1. The average molecular weight is 417 g/mol. The number of carbonyl (C=O) groups is 1. The Hall–Kier alpha value is -3.91. The highest BCUT2D eigenvalue weighted by Gasteiger charge is 2.11. The van der Waals surface area contributed by atoms with Gasteiger partial charge in [0, 0.05) is 38.1 Å². The summed E-state index contributed by atoms with van der Waals surface area (Å²) in [5.74, 6) is 1.50. The summed E-state index contributed by atoms with van der Waals surface area (Å²) in [4.78, 5) is 20.5. The first-order valence-corrected chi connectivity index (χ1v) is 9.82. The number of hydrogen-bond acceptors (Lipinski definition) is 6. The van der Waals surface area contributed by atoms with Crippen LogP contribution in [-0.4, -0.2) is 32.6 Å². The van der Waals surface area contributed by atoms with E-state index < -0.39 is 6.10 Å². The van der Waals surface area contributed by atoms with Crippen LogP contribution in [0.2, 0.25) is 0 Å². The molecule has 2 aromatic heterocycles. The molecule has 2 aromatic carbocycles. The maximum Gasteiger partial charge on any atom is 0.269 e. The van der Waals surface area contributed by atoms with E-state index >= 15 is 0 Å². The minimum atomic E-state index is -0.543. The molecule has 0 bridgehead atoms. The Kier molecular flexibility index (Phi) is 5.55. The number of pyridine rings is 1. The second kappa shape index (κ2) is 8.45. The van der Waals surface area contributed by atoms with Gasteiger partial charge in [0.2, 0.25) is 5.95 Å². The topological polar surface area (TPSA) is 101 Å². The van der Waals surface area contributed by atoms with Crippen molar-refractivity contribution < 1.29 is 14.6 Å². The molecule has 0 saturated heterocycles. The number of aliphatic hydroxyl groups is 1. The van der Waals surface area contributed by atoms with Gasteiger partial charge in [-0.25, -0.2) is 4.98 Å². The number of hydrogen-bond donors (Lipinski definition) is 3. The second-order valence-corrected chi connectivity index (χ2v) is 7.13. The van der Waals surface area contributed by atoms with Crippen LogP contribution in [0.1, 0.15) is 29.1 Å². The van der Waals surface area contributed by atoms with E-state index in [-0.39, 0.29) is 11.6 Å². The zero-order valence-corrected chi connectivity index (χ0v) is 17.5. The number of imidazole rings is 1. The number of fused-ring (bicyclic) bond motifs is 1. The molecule has 0 fully saturated rings. The Morgan fingerprint density at radius 2 is 1.94 bits per heavy atom. The van der Waals surface area contributed by atoms with Crippen LogP contribution in [0.25, 0.3) is 11.0 Å². The largest absolute Gasteiger partial charge is 0.457 e. The zero-order valence-electron chi connectivity index (χ0n) is 17.5. The number of aliphatic hydroxyl groups excluding tert-OH is 1. The van der Waals surface area contributed by atoms with Crippen LogP contribution in [0.3, 0.4) is 0 Å². The first-order valence-electron chi connectivity index (χ1n) is 9.82. The van der Waals surface area contributed by atoms with Crippen molar-refractivity contribution in [3.05, 3.63) is 72.1 Å². The zero-order chi connectivity index (χ0) is 22.0. The van der Waals surface area contributed by atoms with Gasteiger partial charge in [-0.1, -0.05) is 12.1 Å². The maximum absolute atomic E-state index is 11.8. The Morgan fingerprint density at radius 1 is 1.13 bits per heavy atom. The van der Waals surface area contributed by atoms with E-state index in [1.165, 1.54) is 6.20 Å². The van der Waals surface area contributed by atoms with Crippen LogP contribution in [0.15, 0.2) is 60.8 Å². The molecule has 0 radical (unpaired) electrons. The van der Waals surface area contributed by atoms with Gasteiger partial charge in [0.25, 0.3) is 5.91 Å². The smallest absolute Gasteiger partial charge is 0.269 e. The van der Waals surface area contributed by atoms with Crippen LogP contribution in [0.4, 0.5) is 11.6 Å². The lowest BCUT2D eigenvalue weighted by atomic mass is 10.1. The molecule has 0 aliphatic rings. The molecule has 3 N–H and O–H groups in total. The fourth-order valence-electron chi connectivity index (χ4n) is 3.22. The molecule has 4 aromatic rings. The molecule has 1 atom stereocenters. The predicted molar refractivity (Wildman–Crippen MR) is 119 cm³/mol. The summed E-state index contributed by atoms with van der Waals surface area (Å²) in [5, 5.41) is 15.7. The van der Waals surface area contributed by atoms with Crippen molar-refractivity contribution in [2.45, 2.75) is 13.0 Å². The fourth-order valence-corrected chi connectivity index (χ4v) is 3.22. The normalized spacial score (nSPS) is 11.9. The van der Waals surface area contributed by atoms with Crippen LogP contribution in [0, 0.1) is 0 Å². The second-order valence-electron chi connectivity index (χ2n) is 7.13. The van der Waals surface area contributed by atoms with Crippen molar-refractivity contribution in [2.75, 3.05) is 12.4 Å². The van der Waals surface area contributed by atoms with Crippen LogP contribution >= 0.6 is 0 Å². The van der Waals surface area contributed by atoms with Gasteiger partial charge in [-0.3, -0.25) is 9.78 Å². The Labute approximate surface area is 179 Å². The molecule has 4 rings (SSSR count). The van der Waals surface area contributed by atoms with Crippen LogP contribution in [-0.2, 0) is 7.05 Å². The summed E-state index contributed by atoms with van der Waals surface area (Å²) in [6.07, 6.45) is 0.988. The highest BCUT2D eigenvalue weighted by Crippen LogP contribution is 2.28. The standard InChI is InChI=1S/C23H23N5O3/c1-14(29)15-5-4-6-16(11-15)26-23-27-19-12-17(7-8-21(19)28(23)3)31-18-9-10-25-20(13-18)22(30)24-2/h4-14,29H,1-3H3,(H,24,30)(H,26,27). The van der Waals surface area contributed by atoms with E-state index in [1.54, 1.807) is 26.1 Å². The molecule has 1 unspecified atom stereocenters. The van der Waals surface area contributed by atoms with E-state index in [9.17, 15) is 9.90 Å². The van der Waals surface area contributed by atoms with Gasteiger partial charge in [0.05, 0.1) is 17.1 Å². The third-order valence-corrected chi connectivity index (χ3v) is 4.90. The Balaban J connectivity index is 1.59. The van der Waals surface area contributed by atoms with Crippen molar-refractivity contribution >= 4 is 28.6 Å². The lowest BCUT2D eigenvalue weighted by molar-refractivity contribution is 0.0958. The molecule has 8 heteroatoms. The molecule has 1 amide bonds. The minimum Gasteiger partial charge on any atom is -0.457 e. The quantitative estimate of drug-likeness (QED) is 0.440. The molecule has 0 aliphatic heterocycles. The van der Waals surface area contributed by atoms with Crippen LogP contribution < -0.4 is 15.4 Å². The van der Waals surface area contributed by atoms with Crippen molar-refractivity contribution in [1.29, 1.82) is 0 Å². The number of nitrogens with one attached hydrogen (secondary N) is 2. The summed E-state index contributed by atoms with van der Waals surface area (Å²) in [5.41, 5.74) is 3.64. The van der Waals surface area contributed by atoms with Gasteiger partial charge >= 0.3 is 0 Å². The summed E-state index contributed by atoms with van der Waals surface area (Å²) < 4.78 is 7.86. The summed E-state index contributed by atoms with van der Waals surface area (Å²) >= 11 is 0. The van der Waals surface area contributed by atoms with Crippen molar-refractivity contribution in [3.63, 3.8) is 0 Å². The molecule has 31 heavy (non-hydrogen) atoms. The van der Waals surface area contributed by atoms with E-state index in [2.05, 4.69) is 20.6 Å². The lowest BCUT2D eigenvalue weighted by Crippen LogP contribution is -2.18. The highest BCUT2D eigenvalue weighted by molar-refractivity contribution is 5.92. The molecular weight excluding hydrogens is 394 g/mol. The number of carbonyl (C=O) groups excluding carboxylic acids is 1. The van der Waals surface area contributed by atoms with Gasteiger partial charge in [0.15, 0.2) is 0 Å². The number of ether oxygens (including phenoxy) is 1. The van der Waals surface area contributed by atoms with Crippen molar-refractivity contribution in [3.8, 4) is 11.5 Å². The summed E-state index contributed by atoms with van der Waals surface area (Å²) in [7, 11) is 3.48. The van der Waals surface area contributed by atoms with E-state index in [0.717, 1.165) is 22.3 Å². The minimum absolute atomic E-state index is 0.277. The van der Waals surface area contributed by atoms with E-state index in [0.29, 0.717) is 17.4 Å². The molecule has 2 heterocycles. The first-order chi connectivity index (χ1) is 14.9. The number of benzene rings is 2. The number of nitrogens with zero attached hydrogens (tertiary/aromatic N) is 3. The third-order valence-electron chi connectivity index (χ3n) is 4.90. The van der Waals surface area contributed by atoms with E-state index in [4.69, 9.17) is 4.74 Å². The highest BCUT2D eigenvalue weighted by atomic mass is 16.5. The van der Waals surface area contributed by atoms with Crippen molar-refractivity contribution in [2.24, 2.45) is 7.05 Å². The van der Waals surface area contributed by atoms with Gasteiger partial charge in [-0.2, -0.15) is 0 Å². The monoisotopic (exact) mass is 417 g/mol. The van der Waals surface area contributed by atoms with Gasteiger partial charge < -0.3 is 25.0 Å². The average Bonchev–Trinajstić information content (AvgIpc) is 3.08. The van der Waals surface area contributed by atoms with Gasteiger partial charge in [0.1, 0.15) is 17.2 Å². The molecule has 158 valence electrons. The SMILES string of the molecule is CNC(=O)c1cc(Oc2ccc3c(c2)nc(Nc2cccc(C(C)O)c2)n3C)ccn1. The number of aryl methyl sites for hydroxylation is 1. The molecule has 0 aliphatic carbocycles. The molecule has 0 spiro atoms. The lowest BCUT2D eigenvalue weighted by Gasteiger charge is -2.09. The third kappa shape index (κ3) is 4.34. The number of anilines is 2. The predicted octanol–water partition coefficient (Wildman–Crippen LogP) is 3.92. The molecular formula is C23H23N5O3. The number of aromatic nitrogens is 3.